The molecule has 2 N–H and O–H groups in total. The number of aliphatic hydroxyl groups is 1. The van der Waals surface area contributed by atoms with Gasteiger partial charge in [-0.25, -0.2) is 4.79 Å². The number of aliphatic hydroxyl groups excluding tert-OH is 1. The van der Waals surface area contributed by atoms with Gasteiger partial charge < -0.3 is 14.9 Å². The summed E-state index contributed by atoms with van der Waals surface area (Å²) in [6.07, 6.45) is -0.139. The molecule has 0 spiro atoms. The van der Waals surface area contributed by atoms with Crippen molar-refractivity contribution < 1.29 is 19.7 Å². The van der Waals surface area contributed by atoms with Gasteiger partial charge in [0.2, 0.25) is 0 Å². The van der Waals surface area contributed by atoms with E-state index in [1.165, 1.54) is 11.3 Å². The minimum absolute atomic E-state index is 0.0219. The van der Waals surface area contributed by atoms with Gasteiger partial charge in [0.25, 0.3) is 0 Å². The first-order valence-electron chi connectivity index (χ1n) is 5.88. The Balaban J connectivity index is 2.00. The highest BCUT2D eigenvalue weighted by Gasteiger charge is 2.26. The predicted molar refractivity (Wildman–Crippen MR) is 68.0 cm³/mol. The van der Waals surface area contributed by atoms with Gasteiger partial charge in [-0.05, 0) is 19.1 Å². The molecule has 0 amide bonds. The minimum Gasteiger partial charge on any atom is -0.477 e. The molecule has 0 radical (unpaired) electrons. The molecular formula is C12H17NO4S. The van der Waals surface area contributed by atoms with Gasteiger partial charge in [0.05, 0.1) is 19.3 Å². The zero-order valence-electron chi connectivity index (χ0n) is 10.2. The SMILES string of the molecule is CC1COC(CO)CN1Cc1ccc(C(=O)O)s1. The molecule has 0 aromatic carbocycles. The van der Waals surface area contributed by atoms with Gasteiger partial charge in [-0.15, -0.1) is 11.3 Å². The summed E-state index contributed by atoms with van der Waals surface area (Å²) in [6, 6.07) is 3.77. The summed E-state index contributed by atoms with van der Waals surface area (Å²) in [6.45, 7) is 4.08. The first-order chi connectivity index (χ1) is 8.60. The summed E-state index contributed by atoms with van der Waals surface area (Å²) in [5, 5.41) is 18.0. The van der Waals surface area contributed by atoms with Gasteiger partial charge in [0, 0.05) is 24.0 Å². The molecule has 5 nitrogen and oxygen atoms in total. The van der Waals surface area contributed by atoms with Crippen molar-refractivity contribution in [3.8, 4) is 0 Å². The van der Waals surface area contributed by atoms with Crippen LogP contribution in [0.2, 0.25) is 0 Å². The summed E-state index contributed by atoms with van der Waals surface area (Å²) in [7, 11) is 0. The van der Waals surface area contributed by atoms with Crippen molar-refractivity contribution in [2.24, 2.45) is 0 Å². The number of hydrogen-bond acceptors (Lipinski definition) is 5. The van der Waals surface area contributed by atoms with Crippen LogP contribution in [0.4, 0.5) is 0 Å². The highest BCUT2D eigenvalue weighted by Crippen LogP contribution is 2.21. The van der Waals surface area contributed by atoms with Crippen molar-refractivity contribution in [3.05, 3.63) is 21.9 Å². The largest absolute Gasteiger partial charge is 0.477 e. The highest BCUT2D eigenvalue weighted by molar-refractivity contribution is 7.13. The molecule has 1 aliphatic heterocycles. The van der Waals surface area contributed by atoms with Crippen LogP contribution in [0.3, 0.4) is 0 Å². The molecular weight excluding hydrogens is 254 g/mol. The third-order valence-electron chi connectivity index (χ3n) is 3.07. The second kappa shape index (κ2) is 5.79. The van der Waals surface area contributed by atoms with Crippen molar-refractivity contribution in [1.29, 1.82) is 0 Å². The average molecular weight is 271 g/mol. The van der Waals surface area contributed by atoms with Crippen LogP contribution in [0, 0.1) is 0 Å². The summed E-state index contributed by atoms with van der Waals surface area (Å²) >= 11 is 1.30. The summed E-state index contributed by atoms with van der Waals surface area (Å²) < 4.78 is 5.47. The maximum Gasteiger partial charge on any atom is 0.345 e. The smallest absolute Gasteiger partial charge is 0.345 e. The van der Waals surface area contributed by atoms with Crippen molar-refractivity contribution >= 4 is 17.3 Å². The number of nitrogens with zero attached hydrogens (tertiary/aromatic N) is 1. The van der Waals surface area contributed by atoms with E-state index in [2.05, 4.69) is 11.8 Å². The molecule has 1 fully saturated rings. The lowest BCUT2D eigenvalue weighted by Gasteiger charge is -2.37. The topological polar surface area (TPSA) is 70.0 Å². The number of carboxylic acid groups (broad SMARTS) is 1. The Kier molecular flexibility index (Phi) is 4.34. The number of morpholine rings is 1. The molecule has 2 atom stereocenters. The fraction of sp³-hybridized carbons (Fsp3) is 0.583. The summed E-state index contributed by atoms with van der Waals surface area (Å²) in [5.41, 5.74) is 0. The Morgan fingerprint density at radius 1 is 1.61 bits per heavy atom. The van der Waals surface area contributed by atoms with Crippen LogP contribution < -0.4 is 0 Å². The molecule has 1 aromatic rings. The number of carbonyl (C=O) groups is 1. The van der Waals surface area contributed by atoms with Crippen LogP contribution in [0.25, 0.3) is 0 Å². The van der Waals surface area contributed by atoms with E-state index in [4.69, 9.17) is 14.9 Å². The van der Waals surface area contributed by atoms with Crippen LogP contribution in [0.1, 0.15) is 21.5 Å². The number of ether oxygens (including phenoxy) is 1. The molecule has 0 saturated carbocycles. The predicted octanol–water partition coefficient (Wildman–Crippen LogP) is 1.03. The maximum atomic E-state index is 10.8. The van der Waals surface area contributed by atoms with Gasteiger partial charge in [-0.1, -0.05) is 0 Å². The number of hydrogen-bond donors (Lipinski definition) is 2. The standard InChI is InChI=1S/C12H17NO4S/c1-8-7-17-9(6-14)4-13(8)5-10-2-3-11(18-10)12(15)16/h2-3,8-9,14H,4-7H2,1H3,(H,15,16). The first kappa shape index (κ1) is 13.5. The Hall–Kier alpha value is -0.950. The number of carboxylic acids is 1. The van der Waals surface area contributed by atoms with E-state index in [0.29, 0.717) is 24.6 Å². The third-order valence-corrected chi connectivity index (χ3v) is 4.13. The lowest BCUT2D eigenvalue weighted by Crippen LogP contribution is -2.48. The Morgan fingerprint density at radius 2 is 2.39 bits per heavy atom. The molecule has 6 heteroatoms. The zero-order chi connectivity index (χ0) is 13.1. The van der Waals surface area contributed by atoms with Crippen molar-refractivity contribution in [3.63, 3.8) is 0 Å². The Bertz CT molecular complexity index is 420. The normalized spacial score (nSPS) is 25.2. The van der Waals surface area contributed by atoms with Gasteiger partial charge in [-0.2, -0.15) is 0 Å². The van der Waals surface area contributed by atoms with Gasteiger partial charge in [0.15, 0.2) is 0 Å². The molecule has 1 aliphatic rings. The lowest BCUT2D eigenvalue weighted by molar-refractivity contribution is -0.0802. The molecule has 0 bridgehead atoms. The second-order valence-electron chi connectivity index (χ2n) is 4.49. The van der Waals surface area contributed by atoms with Crippen LogP contribution in [0.5, 0.6) is 0 Å². The molecule has 2 unspecified atom stereocenters. The van der Waals surface area contributed by atoms with Gasteiger partial charge in [0.1, 0.15) is 4.88 Å². The highest BCUT2D eigenvalue weighted by atomic mass is 32.1. The second-order valence-corrected chi connectivity index (χ2v) is 5.66. The lowest BCUT2D eigenvalue weighted by atomic mass is 10.2. The van der Waals surface area contributed by atoms with Crippen LogP contribution in [-0.2, 0) is 11.3 Å². The van der Waals surface area contributed by atoms with Crippen molar-refractivity contribution in [2.45, 2.75) is 25.6 Å². The van der Waals surface area contributed by atoms with Crippen molar-refractivity contribution in [2.75, 3.05) is 19.8 Å². The Morgan fingerprint density at radius 3 is 3.00 bits per heavy atom. The number of thiophene rings is 1. The van der Waals surface area contributed by atoms with E-state index in [1.807, 2.05) is 6.07 Å². The summed E-state index contributed by atoms with van der Waals surface area (Å²) in [4.78, 5) is 14.4. The zero-order valence-corrected chi connectivity index (χ0v) is 11.0. The van der Waals surface area contributed by atoms with E-state index in [-0.39, 0.29) is 18.8 Å². The Labute approximate surface area is 110 Å². The fourth-order valence-electron chi connectivity index (χ4n) is 1.98. The molecule has 2 rings (SSSR count). The minimum atomic E-state index is -0.880. The van der Waals surface area contributed by atoms with Gasteiger partial charge in [-0.3, -0.25) is 4.90 Å². The molecule has 100 valence electrons. The van der Waals surface area contributed by atoms with E-state index in [1.54, 1.807) is 6.07 Å². The monoisotopic (exact) mass is 271 g/mol. The molecule has 1 saturated heterocycles. The van der Waals surface area contributed by atoms with Crippen LogP contribution in [-0.4, -0.2) is 53.0 Å². The van der Waals surface area contributed by atoms with Crippen LogP contribution in [0.15, 0.2) is 12.1 Å². The maximum absolute atomic E-state index is 10.8. The number of rotatable bonds is 4. The van der Waals surface area contributed by atoms with E-state index < -0.39 is 5.97 Å². The van der Waals surface area contributed by atoms with Crippen molar-refractivity contribution in [1.82, 2.24) is 4.90 Å². The summed E-state index contributed by atoms with van der Waals surface area (Å²) in [5.74, 6) is -0.880. The van der Waals surface area contributed by atoms with Crippen LogP contribution >= 0.6 is 11.3 Å². The quantitative estimate of drug-likeness (QED) is 0.856. The van der Waals surface area contributed by atoms with E-state index in [0.717, 1.165) is 4.88 Å². The van der Waals surface area contributed by atoms with E-state index in [9.17, 15) is 4.79 Å². The fourth-order valence-corrected chi connectivity index (χ4v) is 2.86. The molecule has 0 aliphatic carbocycles. The molecule has 18 heavy (non-hydrogen) atoms. The molecule has 1 aromatic heterocycles. The van der Waals surface area contributed by atoms with Gasteiger partial charge >= 0.3 is 5.97 Å². The average Bonchev–Trinajstić information content (AvgIpc) is 2.81. The van der Waals surface area contributed by atoms with E-state index >= 15 is 0 Å². The molecule has 2 heterocycles. The third kappa shape index (κ3) is 3.08. The number of aromatic carboxylic acids is 1. The first-order valence-corrected chi connectivity index (χ1v) is 6.70.